The van der Waals surface area contributed by atoms with Crippen molar-refractivity contribution in [3.8, 4) is 0 Å². The van der Waals surface area contributed by atoms with E-state index in [2.05, 4.69) is 5.32 Å². The highest BCUT2D eigenvalue weighted by Gasteiger charge is 2.18. The van der Waals surface area contributed by atoms with Gasteiger partial charge in [-0.05, 0) is 31.2 Å². The molecule has 1 N–H and O–H groups in total. The van der Waals surface area contributed by atoms with Crippen LogP contribution in [0.2, 0.25) is 0 Å². The van der Waals surface area contributed by atoms with Crippen LogP contribution in [-0.2, 0) is 0 Å². The monoisotopic (exact) mass is 292 g/mol. The molecule has 0 atom stereocenters. The molecule has 2 aromatic carbocycles. The van der Waals surface area contributed by atoms with Gasteiger partial charge >= 0.3 is 5.69 Å². The Bertz CT molecular complexity index is 732. The second kappa shape index (κ2) is 5.66. The number of amides is 1. The molecular formula is C14H10F2N2O3. The fourth-order valence-corrected chi connectivity index (χ4v) is 1.73. The zero-order valence-electron chi connectivity index (χ0n) is 10.9. The molecule has 1 amide bonds. The Balaban J connectivity index is 2.31. The molecule has 0 saturated heterocycles. The number of nitrogens with one attached hydrogen (secondary N) is 1. The van der Waals surface area contributed by atoms with Crippen LogP contribution < -0.4 is 5.32 Å². The van der Waals surface area contributed by atoms with Crippen molar-refractivity contribution in [2.24, 2.45) is 0 Å². The van der Waals surface area contributed by atoms with Gasteiger partial charge in [0.05, 0.1) is 4.92 Å². The molecule has 0 heterocycles. The standard InChI is InChI=1S/C14H10F2N2O3/c1-8-10(15)3-2-4-12(8)17-14(19)9-5-6-11(16)13(7-9)18(20)21/h2-7H,1H3,(H,17,19). The summed E-state index contributed by atoms with van der Waals surface area (Å²) in [4.78, 5) is 21.7. The molecule has 0 aromatic heterocycles. The molecule has 0 unspecified atom stereocenters. The van der Waals surface area contributed by atoms with Crippen LogP contribution >= 0.6 is 0 Å². The Morgan fingerprint density at radius 2 is 1.90 bits per heavy atom. The zero-order chi connectivity index (χ0) is 15.6. The SMILES string of the molecule is Cc1c(F)cccc1NC(=O)c1ccc(F)c([N+](=O)[O-])c1. The average Bonchev–Trinajstić information content (AvgIpc) is 2.44. The van der Waals surface area contributed by atoms with Gasteiger partial charge in [-0.1, -0.05) is 6.07 Å². The van der Waals surface area contributed by atoms with Crippen molar-refractivity contribution in [3.05, 3.63) is 69.3 Å². The molecule has 0 saturated carbocycles. The van der Waals surface area contributed by atoms with E-state index in [1.165, 1.54) is 25.1 Å². The molecule has 0 aliphatic carbocycles. The minimum atomic E-state index is -1.03. The third-order valence-electron chi connectivity index (χ3n) is 2.92. The van der Waals surface area contributed by atoms with Crippen molar-refractivity contribution >= 4 is 17.3 Å². The van der Waals surface area contributed by atoms with E-state index >= 15 is 0 Å². The van der Waals surface area contributed by atoms with Crippen LogP contribution in [-0.4, -0.2) is 10.8 Å². The normalized spacial score (nSPS) is 10.2. The van der Waals surface area contributed by atoms with Gasteiger partial charge in [-0.2, -0.15) is 4.39 Å². The van der Waals surface area contributed by atoms with E-state index in [0.717, 1.165) is 18.2 Å². The highest BCUT2D eigenvalue weighted by Crippen LogP contribution is 2.21. The summed E-state index contributed by atoms with van der Waals surface area (Å²) in [6.07, 6.45) is 0. The van der Waals surface area contributed by atoms with Gasteiger partial charge in [0, 0.05) is 22.9 Å². The van der Waals surface area contributed by atoms with Crippen molar-refractivity contribution in [1.29, 1.82) is 0 Å². The van der Waals surface area contributed by atoms with Crippen molar-refractivity contribution in [2.45, 2.75) is 6.92 Å². The lowest BCUT2D eigenvalue weighted by Crippen LogP contribution is -2.13. The number of halogens is 2. The smallest absolute Gasteiger partial charge is 0.305 e. The second-order valence-corrected chi connectivity index (χ2v) is 4.29. The first-order valence-electron chi connectivity index (χ1n) is 5.90. The molecule has 0 aliphatic rings. The molecule has 0 fully saturated rings. The van der Waals surface area contributed by atoms with Crippen LogP contribution in [0.4, 0.5) is 20.2 Å². The summed E-state index contributed by atoms with van der Waals surface area (Å²) in [6, 6.07) is 6.95. The number of nitro benzene ring substituents is 1. The van der Waals surface area contributed by atoms with E-state index in [4.69, 9.17) is 0 Å². The lowest BCUT2D eigenvalue weighted by atomic mass is 10.1. The Kier molecular flexibility index (Phi) is 3.93. The van der Waals surface area contributed by atoms with Gasteiger partial charge in [0.2, 0.25) is 5.82 Å². The van der Waals surface area contributed by atoms with Crippen LogP contribution in [0.5, 0.6) is 0 Å². The summed E-state index contributed by atoms with van der Waals surface area (Å²) in [5.74, 6) is -2.21. The van der Waals surface area contributed by atoms with Crippen molar-refractivity contribution in [1.82, 2.24) is 0 Å². The molecule has 0 spiro atoms. The largest absolute Gasteiger partial charge is 0.322 e. The number of rotatable bonds is 3. The van der Waals surface area contributed by atoms with Crippen LogP contribution in [0.3, 0.4) is 0 Å². The van der Waals surface area contributed by atoms with E-state index < -0.39 is 28.2 Å². The minimum Gasteiger partial charge on any atom is -0.322 e. The number of nitrogens with zero attached hydrogens (tertiary/aromatic N) is 1. The van der Waals surface area contributed by atoms with Crippen molar-refractivity contribution in [3.63, 3.8) is 0 Å². The third-order valence-corrected chi connectivity index (χ3v) is 2.92. The van der Waals surface area contributed by atoms with E-state index in [-0.39, 0.29) is 16.8 Å². The molecule has 21 heavy (non-hydrogen) atoms. The number of anilines is 1. The topological polar surface area (TPSA) is 72.2 Å². The van der Waals surface area contributed by atoms with Gasteiger partial charge in [-0.25, -0.2) is 4.39 Å². The summed E-state index contributed by atoms with van der Waals surface area (Å²) in [5, 5.41) is 13.1. The van der Waals surface area contributed by atoms with Crippen LogP contribution in [0.15, 0.2) is 36.4 Å². The number of carbonyl (C=O) groups excluding carboxylic acids is 1. The first kappa shape index (κ1) is 14.6. The van der Waals surface area contributed by atoms with E-state index in [1.54, 1.807) is 0 Å². The Morgan fingerprint density at radius 3 is 2.57 bits per heavy atom. The zero-order valence-corrected chi connectivity index (χ0v) is 10.9. The van der Waals surface area contributed by atoms with Crippen molar-refractivity contribution in [2.75, 3.05) is 5.32 Å². The highest BCUT2D eigenvalue weighted by atomic mass is 19.1. The van der Waals surface area contributed by atoms with Gasteiger partial charge < -0.3 is 5.32 Å². The number of hydrogen-bond acceptors (Lipinski definition) is 3. The van der Waals surface area contributed by atoms with E-state index in [9.17, 15) is 23.7 Å². The van der Waals surface area contributed by atoms with Crippen LogP contribution in [0, 0.1) is 28.7 Å². The van der Waals surface area contributed by atoms with Crippen LogP contribution in [0.1, 0.15) is 15.9 Å². The number of hydrogen-bond donors (Lipinski definition) is 1. The fraction of sp³-hybridized carbons (Fsp3) is 0.0714. The van der Waals surface area contributed by atoms with Gasteiger partial charge in [0.15, 0.2) is 0 Å². The maximum atomic E-state index is 13.4. The third kappa shape index (κ3) is 3.02. The second-order valence-electron chi connectivity index (χ2n) is 4.29. The Morgan fingerprint density at radius 1 is 1.19 bits per heavy atom. The molecule has 0 aliphatic heterocycles. The maximum absolute atomic E-state index is 13.4. The Labute approximate surface area is 118 Å². The van der Waals surface area contributed by atoms with Gasteiger partial charge in [0.1, 0.15) is 5.82 Å². The molecule has 0 radical (unpaired) electrons. The van der Waals surface area contributed by atoms with E-state index in [0.29, 0.717) is 0 Å². The number of nitro groups is 1. The molecule has 2 aromatic rings. The first-order chi connectivity index (χ1) is 9.90. The summed E-state index contributed by atoms with van der Waals surface area (Å²) < 4.78 is 26.6. The minimum absolute atomic E-state index is 0.0910. The molecule has 2 rings (SSSR count). The van der Waals surface area contributed by atoms with Gasteiger partial charge in [-0.15, -0.1) is 0 Å². The average molecular weight is 292 g/mol. The molecule has 0 bridgehead atoms. The fourth-order valence-electron chi connectivity index (χ4n) is 1.73. The predicted molar refractivity (Wildman–Crippen MR) is 72.1 cm³/mol. The summed E-state index contributed by atoms with van der Waals surface area (Å²) in [7, 11) is 0. The summed E-state index contributed by atoms with van der Waals surface area (Å²) >= 11 is 0. The number of benzene rings is 2. The first-order valence-corrected chi connectivity index (χ1v) is 5.90. The lowest BCUT2D eigenvalue weighted by molar-refractivity contribution is -0.387. The maximum Gasteiger partial charge on any atom is 0.305 e. The quantitative estimate of drug-likeness (QED) is 0.695. The van der Waals surface area contributed by atoms with Gasteiger partial charge in [0.25, 0.3) is 5.91 Å². The van der Waals surface area contributed by atoms with Crippen molar-refractivity contribution < 1.29 is 18.5 Å². The van der Waals surface area contributed by atoms with Gasteiger partial charge in [-0.3, -0.25) is 14.9 Å². The van der Waals surface area contributed by atoms with Crippen LogP contribution in [0.25, 0.3) is 0 Å². The Hall–Kier alpha value is -2.83. The molecule has 108 valence electrons. The summed E-state index contributed by atoms with van der Waals surface area (Å²) in [5.41, 5.74) is -0.403. The molecule has 5 nitrogen and oxygen atoms in total. The number of carbonyl (C=O) groups is 1. The highest BCUT2D eigenvalue weighted by molar-refractivity contribution is 6.05. The predicted octanol–water partition coefficient (Wildman–Crippen LogP) is 3.43. The van der Waals surface area contributed by atoms with E-state index in [1.807, 2.05) is 0 Å². The lowest BCUT2D eigenvalue weighted by Gasteiger charge is -2.09. The summed E-state index contributed by atoms with van der Waals surface area (Å²) in [6.45, 7) is 1.48. The molecular weight excluding hydrogens is 282 g/mol. The molecule has 7 heteroatoms.